The summed E-state index contributed by atoms with van der Waals surface area (Å²) < 4.78 is 11.5. The molecule has 2 fully saturated rings. The van der Waals surface area contributed by atoms with E-state index < -0.39 is 11.9 Å². The molecule has 0 radical (unpaired) electrons. The SMILES string of the molecule is C=C(C)C1CC2(CC(CC)N1C(=O)O)OCCO2. The highest BCUT2D eigenvalue weighted by Crippen LogP contribution is 2.40. The molecule has 0 bridgehead atoms. The lowest BCUT2D eigenvalue weighted by atomic mass is 9.86. The van der Waals surface area contributed by atoms with Crippen LogP contribution in [-0.4, -0.2) is 47.2 Å². The van der Waals surface area contributed by atoms with Crippen LogP contribution in [0.25, 0.3) is 0 Å². The van der Waals surface area contributed by atoms with Gasteiger partial charge in [-0.05, 0) is 13.3 Å². The van der Waals surface area contributed by atoms with Crippen LogP contribution in [0.1, 0.15) is 33.1 Å². The first-order chi connectivity index (χ1) is 8.49. The Kier molecular flexibility index (Phi) is 3.64. The lowest BCUT2D eigenvalue weighted by Crippen LogP contribution is -2.58. The molecule has 1 spiro atoms. The zero-order valence-electron chi connectivity index (χ0n) is 11.0. The minimum atomic E-state index is -0.886. The molecule has 2 atom stereocenters. The Morgan fingerprint density at radius 1 is 1.44 bits per heavy atom. The summed E-state index contributed by atoms with van der Waals surface area (Å²) in [6.45, 7) is 8.95. The zero-order valence-corrected chi connectivity index (χ0v) is 11.0. The normalized spacial score (nSPS) is 30.7. The van der Waals surface area contributed by atoms with Crippen molar-refractivity contribution in [3.63, 3.8) is 0 Å². The molecule has 0 saturated carbocycles. The quantitative estimate of drug-likeness (QED) is 0.769. The van der Waals surface area contributed by atoms with E-state index in [1.165, 1.54) is 4.90 Å². The van der Waals surface area contributed by atoms with Crippen LogP contribution in [-0.2, 0) is 9.47 Å². The third kappa shape index (κ3) is 2.24. The highest BCUT2D eigenvalue weighted by molar-refractivity contribution is 5.67. The smallest absolute Gasteiger partial charge is 0.408 e. The molecule has 0 aromatic rings. The molecule has 1 N–H and O–H groups in total. The third-order valence-electron chi connectivity index (χ3n) is 3.85. The minimum absolute atomic E-state index is 0.0731. The Labute approximate surface area is 107 Å². The minimum Gasteiger partial charge on any atom is -0.465 e. The Balaban J connectivity index is 2.27. The van der Waals surface area contributed by atoms with Crippen molar-refractivity contribution in [2.45, 2.75) is 51.0 Å². The van der Waals surface area contributed by atoms with Gasteiger partial charge in [-0.3, -0.25) is 4.90 Å². The van der Waals surface area contributed by atoms with E-state index >= 15 is 0 Å². The van der Waals surface area contributed by atoms with Crippen LogP contribution in [0.4, 0.5) is 4.79 Å². The van der Waals surface area contributed by atoms with Crippen LogP contribution in [0.5, 0.6) is 0 Å². The molecule has 2 rings (SSSR count). The van der Waals surface area contributed by atoms with Crippen LogP contribution >= 0.6 is 0 Å². The monoisotopic (exact) mass is 255 g/mol. The zero-order chi connectivity index (χ0) is 13.3. The average molecular weight is 255 g/mol. The number of carbonyl (C=O) groups is 1. The highest BCUT2D eigenvalue weighted by atomic mass is 16.7. The predicted octanol–water partition coefficient (Wildman–Crippen LogP) is 2.23. The maximum Gasteiger partial charge on any atom is 0.408 e. The Hall–Kier alpha value is -1.07. The van der Waals surface area contributed by atoms with Crippen LogP contribution in [0, 0.1) is 0 Å². The second-order valence-corrected chi connectivity index (χ2v) is 5.13. The first-order valence-corrected chi connectivity index (χ1v) is 6.43. The molecule has 0 aromatic heterocycles. The van der Waals surface area contributed by atoms with E-state index in [-0.39, 0.29) is 12.1 Å². The van der Waals surface area contributed by atoms with Gasteiger partial charge in [0.05, 0.1) is 19.3 Å². The summed E-state index contributed by atoms with van der Waals surface area (Å²) in [4.78, 5) is 13.0. The van der Waals surface area contributed by atoms with E-state index in [2.05, 4.69) is 6.58 Å². The molecular weight excluding hydrogens is 234 g/mol. The predicted molar refractivity (Wildman–Crippen MR) is 66.4 cm³/mol. The Morgan fingerprint density at radius 2 is 2.06 bits per heavy atom. The molecule has 2 saturated heterocycles. The van der Waals surface area contributed by atoms with Gasteiger partial charge in [0.25, 0.3) is 0 Å². The standard InChI is InChI=1S/C13H21NO4/c1-4-10-7-13(17-5-6-18-13)8-11(9(2)3)14(10)12(15)16/h10-11H,2,4-8H2,1,3H3,(H,15,16). The molecule has 18 heavy (non-hydrogen) atoms. The molecule has 2 aliphatic heterocycles. The number of amides is 1. The fraction of sp³-hybridized carbons (Fsp3) is 0.769. The second-order valence-electron chi connectivity index (χ2n) is 5.13. The van der Waals surface area contributed by atoms with Crippen molar-refractivity contribution in [2.75, 3.05) is 13.2 Å². The number of hydrogen-bond donors (Lipinski definition) is 1. The third-order valence-corrected chi connectivity index (χ3v) is 3.85. The van der Waals surface area contributed by atoms with Crippen molar-refractivity contribution in [1.82, 2.24) is 4.90 Å². The summed E-state index contributed by atoms with van der Waals surface area (Å²) in [5.41, 5.74) is 0.842. The summed E-state index contributed by atoms with van der Waals surface area (Å²) in [7, 11) is 0. The summed E-state index contributed by atoms with van der Waals surface area (Å²) >= 11 is 0. The molecule has 2 aliphatic rings. The van der Waals surface area contributed by atoms with Gasteiger partial charge >= 0.3 is 6.09 Å². The van der Waals surface area contributed by atoms with E-state index in [1.807, 2.05) is 13.8 Å². The number of likely N-dealkylation sites (tertiary alicyclic amines) is 1. The fourth-order valence-electron chi connectivity index (χ4n) is 2.96. The second kappa shape index (κ2) is 4.90. The van der Waals surface area contributed by atoms with Crippen LogP contribution in [0.2, 0.25) is 0 Å². The molecule has 2 unspecified atom stereocenters. The number of carboxylic acid groups (broad SMARTS) is 1. The largest absolute Gasteiger partial charge is 0.465 e. The number of nitrogens with zero attached hydrogens (tertiary/aromatic N) is 1. The van der Waals surface area contributed by atoms with Crippen LogP contribution < -0.4 is 0 Å². The Bertz CT molecular complexity index is 349. The lowest BCUT2D eigenvalue weighted by molar-refractivity contribution is -0.201. The summed E-state index contributed by atoms with van der Waals surface area (Å²) in [5, 5.41) is 9.39. The van der Waals surface area contributed by atoms with E-state index in [0.717, 1.165) is 12.0 Å². The lowest BCUT2D eigenvalue weighted by Gasteiger charge is -2.47. The van der Waals surface area contributed by atoms with E-state index in [4.69, 9.17) is 9.47 Å². The topological polar surface area (TPSA) is 59.0 Å². The number of rotatable bonds is 2. The van der Waals surface area contributed by atoms with Gasteiger partial charge in [0.1, 0.15) is 0 Å². The van der Waals surface area contributed by atoms with Gasteiger partial charge in [-0.15, -0.1) is 0 Å². The van der Waals surface area contributed by atoms with Crippen LogP contribution in [0.3, 0.4) is 0 Å². The first-order valence-electron chi connectivity index (χ1n) is 6.43. The maximum atomic E-state index is 11.4. The average Bonchev–Trinajstić information content (AvgIpc) is 2.75. The number of piperidine rings is 1. The molecule has 5 nitrogen and oxygen atoms in total. The van der Waals surface area contributed by atoms with E-state index in [9.17, 15) is 9.90 Å². The molecular formula is C13H21NO4. The molecule has 5 heteroatoms. The molecule has 1 amide bonds. The van der Waals surface area contributed by atoms with Crippen LogP contribution in [0.15, 0.2) is 12.2 Å². The van der Waals surface area contributed by atoms with Gasteiger partial charge in [0.15, 0.2) is 5.79 Å². The Morgan fingerprint density at radius 3 is 2.50 bits per heavy atom. The molecule has 0 aromatic carbocycles. The van der Waals surface area contributed by atoms with Gasteiger partial charge < -0.3 is 14.6 Å². The van der Waals surface area contributed by atoms with Gasteiger partial charge in [-0.1, -0.05) is 19.1 Å². The van der Waals surface area contributed by atoms with Gasteiger partial charge in [0.2, 0.25) is 0 Å². The summed E-state index contributed by atoms with van der Waals surface area (Å²) in [6.07, 6.45) is 1.03. The maximum absolute atomic E-state index is 11.4. The van der Waals surface area contributed by atoms with E-state index in [1.54, 1.807) is 0 Å². The van der Waals surface area contributed by atoms with Gasteiger partial charge in [-0.25, -0.2) is 4.79 Å². The molecule has 0 aliphatic carbocycles. The van der Waals surface area contributed by atoms with Gasteiger partial charge in [-0.2, -0.15) is 0 Å². The molecule has 2 heterocycles. The fourth-order valence-corrected chi connectivity index (χ4v) is 2.96. The van der Waals surface area contributed by atoms with Crippen molar-refractivity contribution in [1.29, 1.82) is 0 Å². The number of hydrogen-bond acceptors (Lipinski definition) is 3. The summed E-state index contributed by atoms with van der Waals surface area (Å²) in [5.74, 6) is -0.601. The van der Waals surface area contributed by atoms with Crippen molar-refractivity contribution in [2.24, 2.45) is 0 Å². The number of ether oxygens (including phenoxy) is 2. The first kappa shape index (κ1) is 13.4. The van der Waals surface area contributed by atoms with Crippen molar-refractivity contribution in [3.05, 3.63) is 12.2 Å². The van der Waals surface area contributed by atoms with Gasteiger partial charge in [0, 0.05) is 18.9 Å². The van der Waals surface area contributed by atoms with Crippen molar-refractivity contribution in [3.8, 4) is 0 Å². The van der Waals surface area contributed by atoms with E-state index in [0.29, 0.717) is 26.1 Å². The summed E-state index contributed by atoms with van der Waals surface area (Å²) in [6, 6.07) is -0.296. The van der Waals surface area contributed by atoms with Crippen molar-refractivity contribution < 1.29 is 19.4 Å². The van der Waals surface area contributed by atoms with Crippen molar-refractivity contribution >= 4 is 6.09 Å². The molecule has 102 valence electrons. The highest BCUT2D eigenvalue weighted by Gasteiger charge is 2.49.